The van der Waals surface area contributed by atoms with Crippen LogP contribution in [0.4, 0.5) is 10.8 Å². The van der Waals surface area contributed by atoms with E-state index in [-0.39, 0.29) is 0 Å². The first kappa shape index (κ1) is 11.3. The van der Waals surface area contributed by atoms with Gasteiger partial charge in [-0.25, -0.2) is 0 Å². The van der Waals surface area contributed by atoms with E-state index in [1.54, 1.807) is 0 Å². The summed E-state index contributed by atoms with van der Waals surface area (Å²) in [5.41, 5.74) is 5.62. The van der Waals surface area contributed by atoms with Crippen molar-refractivity contribution in [3.63, 3.8) is 0 Å². The minimum Gasteiger partial charge on any atom is -0.383 e. The molecule has 0 aliphatic carbocycles. The summed E-state index contributed by atoms with van der Waals surface area (Å²) >= 11 is 1.48. The normalized spacial score (nSPS) is 11.3. The standard InChI is InChI=1S/C10H19N3S/c1-7(2)6-13(8(3)4)10-5-9(11)12-14-10/h5,7-8H,6H2,1-4H3,(H2,11,12). The van der Waals surface area contributed by atoms with Gasteiger partial charge in [-0.3, -0.25) is 0 Å². The van der Waals surface area contributed by atoms with Gasteiger partial charge in [0.25, 0.3) is 0 Å². The van der Waals surface area contributed by atoms with Crippen LogP contribution in [0.1, 0.15) is 27.7 Å². The molecule has 1 aromatic rings. The van der Waals surface area contributed by atoms with Crippen LogP contribution in [-0.2, 0) is 0 Å². The fraction of sp³-hybridized carbons (Fsp3) is 0.700. The van der Waals surface area contributed by atoms with E-state index in [9.17, 15) is 0 Å². The van der Waals surface area contributed by atoms with Gasteiger partial charge in [-0.1, -0.05) is 13.8 Å². The fourth-order valence-electron chi connectivity index (χ4n) is 1.36. The average Bonchev–Trinajstić information content (AvgIpc) is 2.46. The molecule has 3 nitrogen and oxygen atoms in total. The summed E-state index contributed by atoms with van der Waals surface area (Å²) < 4.78 is 4.10. The highest BCUT2D eigenvalue weighted by atomic mass is 32.1. The topological polar surface area (TPSA) is 42.1 Å². The molecule has 0 spiro atoms. The number of rotatable bonds is 4. The lowest BCUT2D eigenvalue weighted by molar-refractivity contribution is 0.574. The van der Waals surface area contributed by atoms with Crippen molar-refractivity contribution in [1.29, 1.82) is 0 Å². The smallest absolute Gasteiger partial charge is 0.139 e. The first-order valence-electron chi connectivity index (χ1n) is 4.99. The third-order valence-electron chi connectivity index (χ3n) is 1.98. The third kappa shape index (κ3) is 2.87. The van der Waals surface area contributed by atoms with Crippen molar-refractivity contribution in [1.82, 2.24) is 4.37 Å². The summed E-state index contributed by atoms with van der Waals surface area (Å²) in [4.78, 5) is 2.35. The Labute approximate surface area is 90.1 Å². The summed E-state index contributed by atoms with van der Waals surface area (Å²) in [7, 11) is 0. The van der Waals surface area contributed by atoms with Gasteiger partial charge in [0.2, 0.25) is 0 Å². The van der Waals surface area contributed by atoms with E-state index >= 15 is 0 Å². The molecular weight excluding hydrogens is 194 g/mol. The molecule has 1 rings (SSSR count). The van der Waals surface area contributed by atoms with Gasteiger partial charge in [0.15, 0.2) is 0 Å². The highest BCUT2D eigenvalue weighted by molar-refractivity contribution is 7.10. The lowest BCUT2D eigenvalue weighted by atomic mass is 10.2. The monoisotopic (exact) mass is 213 g/mol. The first-order chi connectivity index (χ1) is 6.50. The minimum absolute atomic E-state index is 0.497. The average molecular weight is 213 g/mol. The van der Waals surface area contributed by atoms with E-state index in [2.05, 4.69) is 37.0 Å². The van der Waals surface area contributed by atoms with Crippen molar-refractivity contribution in [3.05, 3.63) is 6.07 Å². The number of anilines is 2. The van der Waals surface area contributed by atoms with Crippen LogP contribution < -0.4 is 10.6 Å². The molecular formula is C10H19N3S. The maximum atomic E-state index is 5.62. The molecule has 0 aliphatic rings. The van der Waals surface area contributed by atoms with Gasteiger partial charge in [-0.15, -0.1) is 0 Å². The van der Waals surface area contributed by atoms with Gasteiger partial charge in [0.05, 0.1) is 0 Å². The van der Waals surface area contributed by atoms with Gasteiger partial charge in [-0.05, 0) is 31.3 Å². The second kappa shape index (κ2) is 4.64. The number of nitrogens with zero attached hydrogens (tertiary/aromatic N) is 2. The predicted molar refractivity (Wildman–Crippen MR) is 63.8 cm³/mol. The molecule has 2 N–H and O–H groups in total. The van der Waals surface area contributed by atoms with E-state index in [1.807, 2.05) is 6.07 Å². The SMILES string of the molecule is CC(C)CN(c1cc(N)ns1)C(C)C. The molecule has 0 aromatic carbocycles. The van der Waals surface area contributed by atoms with Crippen LogP contribution in [0.15, 0.2) is 6.07 Å². The Kier molecular flexibility index (Phi) is 3.75. The Bertz CT molecular complexity index is 281. The lowest BCUT2D eigenvalue weighted by Gasteiger charge is -2.28. The second-order valence-electron chi connectivity index (χ2n) is 4.23. The van der Waals surface area contributed by atoms with E-state index in [0.29, 0.717) is 17.8 Å². The lowest BCUT2D eigenvalue weighted by Crippen LogP contribution is -2.33. The number of aromatic nitrogens is 1. The van der Waals surface area contributed by atoms with Gasteiger partial charge in [0, 0.05) is 18.7 Å². The van der Waals surface area contributed by atoms with Gasteiger partial charge in [-0.2, -0.15) is 4.37 Å². The first-order valence-corrected chi connectivity index (χ1v) is 5.77. The second-order valence-corrected chi connectivity index (χ2v) is 5.01. The van der Waals surface area contributed by atoms with Crippen LogP contribution in [0, 0.1) is 5.92 Å². The maximum Gasteiger partial charge on any atom is 0.139 e. The molecule has 0 saturated carbocycles. The summed E-state index contributed by atoms with van der Waals surface area (Å²) in [6.45, 7) is 9.88. The van der Waals surface area contributed by atoms with Gasteiger partial charge < -0.3 is 10.6 Å². The Hall–Kier alpha value is -0.770. The Morgan fingerprint density at radius 2 is 2.07 bits per heavy atom. The molecule has 4 heteroatoms. The van der Waals surface area contributed by atoms with Crippen molar-refractivity contribution in [2.75, 3.05) is 17.2 Å². The molecule has 14 heavy (non-hydrogen) atoms. The van der Waals surface area contributed by atoms with Gasteiger partial charge in [0.1, 0.15) is 10.8 Å². The Balaban J connectivity index is 2.77. The minimum atomic E-state index is 0.497. The molecule has 0 amide bonds. The van der Waals surface area contributed by atoms with Crippen molar-refractivity contribution in [2.24, 2.45) is 5.92 Å². The fourth-order valence-corrected chi connectivity index (χ4v) is 2.18. The van der Waals surface area contributed by atoms with Crippen LogP contribution in [0.5, 0.6) is 0 Å². The summed E-state index contributed by atoms with van der Waals surface area (Å²) in [6, 6.07) is 2.45. The highest BCUT2D eigenvalue weighted by Gasteiger charge is 2.14. The molecule has 0 radical (unpaired) electrons. The number of hydrogen-bond donors (Lipinski definition) is 1. The van der Waals surface area contributed by atoms with Crippen molar-refractivity contribution >= 4 is 22.4 Å². The molecule has 0 unspecified atom stereocenters. The van der Waals surface area contributed by atoms with Gasteiger partial charge >= 0.3 is 0 Å². The summed E-state index contributed by atoms with van der Waals surface area (Å²) in [6.07, 6.45) is 0. The van der Waals surface area contributed by atoms with E-state index in [4.69, 9.17) is 5.73 Å². The highest BCUT2D eigenvalue weighted by Crippen LogP contribution is 2.25. The zero-order valence-electron chi connectivity index (χ0n) is 9.32. The third-order valence-corrected chi connectivity index (χ3v) is 2.83. The maximum absolute atomic E-state index is 5.62. The van der Waals surface area contributed by atoms with Crippen LogP contribution in [0.25, 0.3) is 0 Å². The Morgan fingerprint density at radius 1 is 1.43 bits per heavy atom. The van der Waals surface area contributed by atoms with Crippen molar-refractivity contribution in [3.8, 4) is 0 Å². The molecule has 0 fully saturated rings. The molecule has 1 aromatic heterocycles. The number of nitrogen functional groups attached to an aromatic ring is 1. The predicted octanol–water partition coefficient (Wildman–Crippen LogP) is 2.60. The molecule has 80 valence electrons. The quantitative estimate of drug-likeness (QED) is 0.836. The Morgan fingerprint density at radius 3 is 2.43 bits per heavy atom. The van der Waals surface area contributed by atoms with Crippen LogP contribution in [0.3, 0.4) is 0 Å². The summed E-state index contributed by atoms with van der Waals surface area (Å²) in [5.74, 6) is 1.28. The van der Waals surface area contributed by atoms with Crippen molar-refractivity contribution < 1.29 is 0 Å². The van der Waals surface area contributed by atoms with Crippen molar-refractivity contribution in [2.45, 2.75) is 33.7 Å². The molecule has 0 aliphatic heterocycles. The zero-order chi connectivity index (χ0) is 10.7. The van der Waals surface area contributed by atoms with E-state index < -0.39 is 0 Å². The number of nitrogens with two attached hydrogens (primary N) is 1. The zero-order valence-corrected chi connectivity index (χ0v) is 10.1. The molecule has 0 atom stereocenters. The molecule has 0 saturated heterocycles. The molecule has 1 heterocycles. The summed E-state index contributed by atoms with van der Waals surface area (Å²) in [5, 5.41) is 1.17. The van der Waals surface area contributed by atoms with Crippen LogP contribution in [0.2, 0.25) is 0 Å². The van der Waals surface area contributed by atoms with Crippen LogP contribution in [-0.4, -0.2) is 17.0 Å². The largest absolute Gasteiger partial charge is 0.383 e. The number of hydrogen-bond acceptors (Lipinski definition) is 4. The molecule has 0 bridgehead atoms. The van der Waals surface area contributed by atoms with Crippen LogP contribution >= 0.6 is 11.5 Å². The van der Waals surface area contributed by atoms with E-state index in [0.717, 1.165) is 6.54 Å². The van der Waals surface area contributed by atoms with E-state index in [1.165, 1.54) is 16.5 Å².